The van der Waals surface area contributed by atoms with Crippen LogP contribution in [0.3, 0.4) is 0 Å². The molecule has 0 bridgehead atoms. The summed E-state index contributed by atoms with van der Waals surface area (Å²) in [5.74, 6) is 0.516. The van der Waals surface area contributed by atoms with Gasteiger partial charge in [-0.1, -0.05) is 6.07 Å². The average molecular weight is 197 g/mol. The predicted molar refractivity (Wildman–Crippen MR) is 54.9 cm³/mol. The molecule has 0 saturated carbocycles. The average Bonchev–Trinajstić information content (AvgIpc) is 2.53. The van der Waals surface area contributed by atoms with E-state index in [2.05, 4.69) is 29.3 Å². The van der Waals surface area contributed by atoms with Gasteiger partial charge in [0, 0.05) is 36.5 Å². The van der Waals surface area contributed by atoms with Crippen LogP contribution in [0.2, 0.25) is 0 Å². The lowest BCUT2D eigenvalue weighted by molar-refractivity contribution is 0.0256. The third kappa shape index (κ3) is 1.77. The fraction of sp³-hybridized carbons (Fsp3) is 0.600. The van der Waals surface area contributed by atoms with Crippen LogP contribution >= 0.6 is 11.3 Å². The second kappa shape index (κ2) is 3.78. The largest absolute Gasteiger partial charge is 0.396 e. The van der Waals surface area contributed by atoms with Crippen molar-refractivity contribution in [1.82, 2.24) is 4.90 Å². The highest BCUT2D eigenvalue weighted by Crippen LogP contribution is 2.30. The van der Waals surface area contributed by atoms with E-state index in [1.807, 2.05) is 11.3 Å². The Morgan fingerprint density at radius 3 is 3.00 bits per heavy atom. The maximum atomic E-state index is 8.89. The van der Waals surface area contributed by atoms with E-state index < -0.39 is 0 Å². The van der Waals surface area contributed by atoms with E-state index in [1.54, 1.807) is 0 Å². The molecule has 13 heavy (non-hydrogen) atoms. The van der Waals surface area contributed by atoms with Crippen LogP contribution in [0.1, 0.15) is 17.8 Å². The number of nitrogens with zero attached hydrogens (tertiary/aromatic N) is 1. The molecule has 0 unspecified atom stereocenters. The Labute approximate surface area is 82.8 Å². The van der Waals surface area contributed by atoms with Crippen LogP contribution in [0.5, 0.6) is 0 Å². The molecule has 0 aliphatic carbocycles. The lowest BCUT2D eigenvalue weighted by Crippen LogP contribution is -2.49. The van der Waals surface area contributed by atoms with Crippen LogP contribution in [0.15, 0.2) is 17.5 Å². The van der Waals surface area contributed by atoms with Gasteiger partial charge in [-0.3, -0.25) is 4.90 Å². The third-order valence-corrected chi connectivity index (χ3v) is 3.79. The van der Waals surface area contributed by atoms with E-state index in [-0.39, 0.29) is 0 Å². The van der Waals surface area contributed by atoms with Gasteiger partial charge in [0.1, 0.15) is 0 Å². The van der Waals surface area contributed by atoms with Gasteiger partial charge in [-0.2, -0.15) is 0 Å². The van der Waals surface area contributed by atoms with Crippen molar-refractivity contribution >= 4 is 11.3 Å². The Bertz CT molecular complexity index is 254. The first-order valence-electron chi connectivity index (χ1n) is 4.69. The fourth-order valence-corrected chi connectivity index (χ4v) is 2.57. The quantitative estimate of drug-likeness (QED) is 0.797. The van der Waals surface area contributed by atoms with Crippen molar-refractivity contribution in [2.45, 2.75) is 13.0 Å². The van der Waals surface area contributed by atoms with Crippen LogP contribution in [0, 0.1) is 5.92 Å². The van der Waals surface area contributed by atoms with E-state index in [0.717, 1.165) is 13.1 Å². The van der Waals surface area contributed by atoms with Crippen LogP contribution < -0.4 is 0 Å². The van der Waals surface area contributed by atoms with Crippen molar-refractivity contribution in [3.63, 3.8) is 0 Å². The van der Waals surface area contributed by atoms with Gasteiger partial charge in [0.25, 0.3) is 0 Å². The highest BCUT2D eigenvalue weighted by molar-refractivity contribution is 7.10. The molecule has 1 atom stereocenters. The molecule has 72 valence electrons. The van der Waals surface area contributed by atoms with E-state index in [1.165, 1.54) is 4.88 Å². The molecule has 1 aromatic heterocycles. The molecular formula is C10H15NOS. The molecule has 2 nitrogen and oxygen atoms in total. The molecule has 0 radical (unpaired) electrons. The molecule has 0 spiro atoms. The van der Waals surface area contributed by atoms with Crippen molar-refractivity contribution in [2.24, 2.45) is 5.92 Å². The van der Waals surface area contributed by atoms with Crippen LogP contribution in [0.4, 0.5) is 0 Å². The smallest absolute Gasteiger partial charge is 0.0483 e. The first-order valence-corrected chi connectivity index (χ1v) is 5.57. The zero-order chi connectivity index (χ0) is 9.26. The minimum atomic E-state index is 0.341. The number of hydrogen-bond acceptors (Lipinski definition) is 3. The monoisotopic (exact) mass is 197 g/mol. The Balaban J connectivity index is 1.90. The standard InChI is InChI=1S/C10H15NOS/c1-8(10-3-2-4-13-10)11-5-9(6-11)7-12/h2-4,8-9,12H,5-7H2,1H3/t8-/m0/s1. The molecule has 3 heteroatoms. The second-order valence-corrected chi connectivity index (χ2v) is 4.67. The summed E-state index contributed by atoms with van der Waals surface area (Å²) in [5.41, 5.74) is 0. The maximum Gasteiger partial charge on any atom is 0.0483 e. The zero-order valence-corrected chi connectivity index (χ0v) is 8.63. The van der Waals surface area contributed by atoms with Crippen LogP contribution in [-0.4, -0.2) is 29.7 Å². The lowest BCUT2D eigenvalue weighted by atomic mass is 9.99. The van der Waals surface area contributed by atoms with Crippen molar-refractivity contribution in [3.05, 3.63) is 22.4 Å². The summed E-state index contributed by atoms with van der Waals surface area (Å²) in [4.78, 5) is 3.84. The van der Waals surface area contributed by atoms with Gasteiger partial charge in [0.2, 0.25) is 0 Å². The maximum absolute atomic E-state index is 8.89. The fourth-order valence-electron chi connectivity index (χ4n) is 1.75. The number of hydrogen-bond donors (Lipinski definition) is 1. The van der Waals surface area contributed by atoms with E-state index in [9.17, 15) is 0 Å². The van der Waals surface area contributed by atoms with E-state index >= 15 is 0 Å². The molecule has 1 N–H and O–H groups in total. The van der Waals surface area contributed by atoms with Crippen LogP contribution in [0.25, 0.3) is 0 Å². The molecule has 2 rings (SSSR count). The first kappa shape index (κ1) is 9.19. The summed E-state index contributed by atoms with van der Waals surface area (Å²) in [5, 5.41) is 11.0. The molecule has 0 aromatic carbocycles. The van der Waals surface area contributed by atoms with Crippen molar-refractivity contribution in [2.75, 3.05) is 19.7 Å². The lowest BCUT2D eigenvalue weighted by Gasteiger charge is -2.42. The molecule has 1 saturated heterocycles. The highest BCUT2D eigenvalue weighted by atomic mass is 32.1. The van der Waals surface area contributed by atoms with Gasteiger partial charge >= 0.3 is 0 Å². The van der Waals surface area contributed by atoms with Crippen molar-refractivity contribution < 1.29 is 5.11 Å². The summed E-state index contributed by atoms with van der Waals surface area (Å²) in [6.45, 7) is 4.68. The molecule has 2 heterocycles. The summed E-state index contributed by atoms with van der Waals surface area (Å²) >= 11 is 1.81. The molecule has 0 amide bonds. The Morgan fingerprint density at radius 1 is 1.69 bits per heavy atom. The minimum Gasteiger partial charge on any atom is -0.396 e. The summed E-state index contributed by atoms with van der Waals surface area (Å²) < 4.78 is 0. The number of thiophene rings is 1. The van der Waals surface area contributed by atoms with Gasteiger partial charge in [0.05, 0.1) is 0 Å². The molecule has 1 fully saturated rings. The zero-order valence-electron chi connectivity index (χ0n) is 7.81. The van der Waals surface area contributed by atoms with Crippen molar-refractivity contribution in [3.8, 4) is 0 Å². The second-order valence-electron chi connectivity index (χ2n) is 3.69. The summed E-state index contributed by atoms with van der Waals surface area (Å²) in [7, 11) is 0. The van der Waals surface area contributed by atoms with Gasteiger partial charge in [-0.15, -0.1) is 11.3 Å². The van der Waals surface area contributed by atoms with Gasteiger partial charge in [-0.25, -0.2) is 0 Å². The topological polar surface area (TPSA) is 23.5 Å². The van der Waals surface area contributed by atoms with Crippen LogP contribution in [-0.2, 0) is 0 Å². The SMILES string of the molecule is C[C@@H](c1cccs1)N1CC(CO)C1. The Hall–Kier alpha value is -0.380. The summed E-state index contributed by atoms with van der Waals surface area (Å²) in [6, 6.07) is 4.81. The summed E-state index contributed by atoms with van der Waals surface area (Å²) in [6.07, 6.45) is 0. The number of likely N-dealkylation sites (tertiary alicyclic amines) is 1. The normalized spacial score (nSPS) is 21.4. The van der Waals surface area contributed by atoms with E-state index in [4.69, 9.17) is 5.11 Å². The molecular weight excluding hydrogens is 182 g/mol. The first-order chi connectivity index (χ1) is 6.31. The predicted octanol–water partition coefficient (Wildman–Crippen LogP) is 1.73. The molecule has 1 aliphatic heterocycles. The van der Waals surface area contributed by atoms with Crippen molar-refractivity contribution in [1.29, 1.82) is 0 Å². The number of rotatable bonds is 3. The number of aliphatic hydroxyl groups is 1. The Morgan fingerprint density at radius 2 is 2.46 bits per heavy atom. The van der Waals surface area contributed by atoms with E-state index in [0.29, 0.717) is 18.6 Å². The number of aliphatic hydroxyl groups excluding tert-OH is 1. The Kier molecular flexibility index (Phi) is 2.67. The molecule has 1 aromatic rings. The third-order valence-electron chi connectivity index (χ3n) is 2.75. The molecule has 1 aliphatic rings. The minimum absolute atomic E-state index is 0.341. The van der Waals surface area contributed by atoms with Gasteiger partial charge < -0.3 is 5.11 Å². The van der Waals surface area contributed by atoms with Gasteiger partial charge in [0.15, 0.2) is 0 Å². The van der Waals surface area contributed by atoms with Gasteiger partial charge in [-0.05, 0) is 18.4 Å². The highest BCUT2D eigenvalue weighted by Gasteiger charge is 2.30.